The third-order valence-corrected chi connectivity index (χ3v) is 5.75. The molecule has 0 aliphatic heterocycles. The Kier molecular flexibility index (Phi) is 6.54. The average molecular weight is 442 g/mol. The number of nitrogen functional groups attached to an aromatic ring is 1. The van der Waals surface area contributed by atoms with Crippen LogP contribution in [0.4, 0.5) is 21.9 Å². The third-order valence-electron chi connectivity index (χ3n) is 4.41. The molecule has 0 saturated carbocycles. The molecule has 8 heteroatoms. The van der Waals surface area contributed by atoms with Crippen molar-refractivity contribution < 1.29 is 14.7 Å². The maximum Gasteiger partial charge on any atom is 0.409 e. The maximum absolute atomic E-state index is 12.9. The summed E-state index contributed by atoms with van der Waals surface area (Å²) in [6.07, 6.45) is -1.11. The number of halogens is 1. The lowest BCUT2D eigenvalue weighted by atomic mass is 10.1. The number of anilines is 3. The first-order valence-electron chi connectivity index (χ1n) is 8.96. The van der Waals surface area contributed by atoms with E-state index in [4.69, 9.17) is 22.4 Å². The standard InChI is InChI=1S/C22H20ClN3O3S/c1-13-11-15(23)4-9-19(13)26(2)21(27)14-3-10-20(18(24)12-14)30-17-7-5-16(6-8-17)25-22(28)29/h3-12,25H,24H2,1-2H3,(H,28,29). The van der Waals surface area contributed by atoms with E-state index < -0.39 is 6.09 Å². The van der Waals surface area contributed by atoms with Crippen molar-refractivity contribution in [3.8, 4) is 0 Å². The molecule has 3 aromatic carbocycles. The van der Waals surface area contributed by atoms with Crippen molar-refractivity contribution >= 4 is 52.4 Å². The van der Waals surface area contributed by atoms with Gasteiger partial charge < -0.3 is 15.7 Å². The second-order valence-corrected chi connectivity index (χ2v) is 8.16. The van der Waals surface area contributed by atoms with Gasteiger partial charge in [-0.3, -0.25) is 10.1 Å². The van der Waals surface area contributed by atoms with E-state index in [0.29, 0.717) is 22.0 Å². The lowest BCUT2D eigenvalue weighted by Crippen LogP contribution is -2.27. The zero-order valence-corrected chi connectivity index (χ0v) is 17.9. The Morgan fingerprint density at radius 2 is 1.77 bits per heavy atom. The predicted octanol–water partition coefficient (Wildman–Crippen LogP) is 5.75. The zero-order valence-electron chi connectivity index (χ0n) is 16.3. The van der Waals surface area contributed by atoms with Gasteiger partial charge >= 0.3 is 6.09 Å². The number of carboxylic acid groups (broad SMARTS) is 1. The monoisotopic (exact) mass is 441 g/mol. The number of nitrogens with one attached hydrogen (secondary N) is 1. The number of carbonyl (C=O) groups excluding carboxylic acids is 1. The summed E-state index contributed by atoms with van der Waals surface area (Å²) in [5, 5.41) is 11.7. The number of hydrogen-bond acceptors (Lipinski definition) is 4. The molecule has 0 aliphatic rings. The Hall–Kier alpha value is -3.16. The highest BCUT2D eigenvalue weighted by molar-refractivity contribution is 7.99. The summed E-state index contributed by atoms with van der Waals surface area (Å²) in [5.74, 6) is -0.173. The van der Waals surface area contributed by atoms with Gasteiger partial charge in [0.25, 0.3) is 5.91 Å². The SMILES string of the molecule is Cc1cc(Cl)ccc1N(C)C(=O)c1ccc(Sc2ccc(NC(=O)O)cc2)c(N)c1. The minimum atomic E-state index is -1.11. The van der Waals surface area contributed by atoms with Crippen LogP contribution in [0.1, 0.15) is 15.9 Å². The quantitative estimate of drug-likeness (QED) is 0.438. The Bertz CT molecular complexity index is 1100. The number of carbonyl (C=O) groups is 2. The van der Waals surface area contributed by atoms with Gasteiger partial charge in [-0.15, -0.1) is 0 Å². The van der Waals surface area contributed by atoms with E-state index in [2.05, 4.69) is 5.32 Å². The first kappa shape index (κ1) is 21.5. The van der Waals surface area contributed by atoms with Crippen molar-refractivity contribution in [2.45, 2.75) is 16.7 Å². The molecule has 6 nitrogen and oxygen atoms in total. The van der Waals surface area contributed by atoms with Crippen LogP contribution in [0.25, 0.3) is 0 Å². The lowest BCUT2D eigenvalue weighted by molar-refractivity contribution is 0.0992. The van der Waals surface area contributed by atoms with Crippen LogP contribution in [0, 0.1) is 6.92 Å². The molecule has 0 radical (unpaired) electrons. The highest BCUT2D eigenvalue weighted by Gasteiger charge is 2.17. The van der Waals surface area contributed by atoms with E-state index in [1.54, 1.807) is 60.5 Å². The van der Waals surface area contributed by atoms with Crippen molar-refractivity contribution in [1.29, 1.82) is 0 Å². The molecule has 0 saturated heterocycles. The van der Waals surface area contributed by atoms with Gasteiger partial charge in [-0.2, -0.15) is 0 Å². The number of benzene rings is 3. The van der Waals surface area contributed by atoms with Gasteiger partial charge in [-0.05, 0) is 73.2 Å². The van der Waals surface area contributed by atoms with Crippen LogP contribution in [-0.4, -0.2) is 24.2 Å². The molecule has 30 heavy (non-hydrogen) atoms. The molecule has 3 aromatic rings. The fraction of sp³-hybridized carbons (Fsp3) is 0.0909. The van der Waals surface area contributed by atoms with Crippen molar-refractivity contribution in [3.63, 3.8) is 0 Å². The van der Waals surface area contributed by atoms with Crippen molar-refractivity contribution in [2.24, 2.45) is 0 Å². The summed E-state index contributed by atoms with van der Waals surface area (Å²) in [5.41, 5.74) is 9.32. The van der Waals surface area contributed by atoms with E-state index in [9.17, 15) is 9.59 Å². The van der Waals surface area contributed by atoms with E-state index in [1.165, 1.54) is 11.8 Å². The molecule has 2 amide bonds. The largest absolute Gasteiger partial charge is 0.465 e. The summed E-state index contributed by atoms with van der Waals surface area (Å²) in [4.78, 5) is 26.9. The second-order valence-electron chi connectivity index (χ2n) is 6.60. The summed E-state index contributed by atoms with van der Waals surface area (Å²) in [6, 6.07) is 17.5. The Morgan fingerprint density at radius 3 is 2.37 bits per heavy atom. The van der Waals surface area contributed by atoms with Gasteiger partial charge in [0.2, 0.25) is 0 Å². The number of nitrogens with two attached hydrogens (primary N) is 1. The van der Waals surface area contributed by atoms with Gasteiger partial charge in [0, 0.05) is 44.5 Å². The molecular formula is C22H20ClN3O3S. The minimum absolute atomic E-state index is 0.173. The second kappa shape index (κ2) is 9.11. The van der Waals surface area contributed by atoms with Crippen LogP contribution in [-0.2, 0) is 0 Å². The summed E-state index contributed by atoms with van der Waals surface area (Å²) >= 11 is 7.43. The van der Waals surface area contributed by atoms with Gasteiger partial charge in [0.15, 0.2) is 0 Å². The molecule has 0 heterocycles. The number of aryl methyl sites for hydroxylation is 1. The fourth-order valence-corrected chi connectivity index (χ4v) is 4.00. The topological polar surface area (TPSA) is 95.7 Å². The highest BCUT2D eigenvalue weighted by Crippen LogP contribution is 2.34. The van der Waals surface area contributed by atoms with Gasteiger partial charge in [-0.25, -0.2) is 4.79 Å². The van der Waals surface area contributed by atoms with Crippen LogP contribution in [0.2, 0.25) is 5.02 Å². The predicted molar refractivity (Wildman–Crippen MR) is 122 cm³/mol. The first-order chi connectivity index (χ1) is 14.2. The van der Waals surface area contributed by atoms with Crippen molar-refractivity contribution in [3.05, 3.63) is 76.8 Å². The smallest absolute Gasteiger partial charge is 0.409 e. The molecule has 4 N–H and O–H groups in total. The third kappa shape index (κ3) is 5.06. The van der Waals surface area contributed by atoms with Gasteiger partial charge in [0.05, 0.1) is 0 Å². The van der Waals surface area contributed by atoms with E-state index in [-0.39, 0.29) is 5.91 Å². The van der Waals surface area contributed by atoms with Crippen LogP contribution in [0.15, 0.2) is 70.5 Å². The molecule has 0 spiro atoms. The zero-order chi connectivity index (χ0) is 21.8. The Balaban J connectivity index is 1.75. The van der Waals surface area contributed by atoms with Crippen LogP contribution < -0.4 is 16.0 Å². The van der Waals surface area contributed by atoms with E-state index in [0.717, 1.165) is 21.0 Å². The summed E-state index contributed by atoms with van der Waals surface area (Å²) in [7, 11) is 1.71. The Morgan fingerprint density at radius 1 is 1.07 bits per heavy atom. The molecule has 0 atom stereocenters. The van der Waals surface area contributed by atoms with E-state index >= 15 is 0 Å². The minimum Gasteiger partial charge on any atom is -0.465 e. The molecule has 0 fully saturated rings. The van der Waals surface area contributed by atoms with Gasteiger partial charge in [-0.1, -0.05) is 23.4 Å². The fourth-order valence-electron chi connectivity index (χ4n) is 2.93. The highest BCUT2D eigenvalue weighted by atomic mass is 35.5. The van der Waals surface area contributed by atoms with Crippen molar-refractivity contribution in [1.82, 2.24) is 0 Å². The Labute approximate surface area is 183 Å². The van der Waals surface area contributed by atoms with Crippen molar-refractivity contribution in [2.75, 3.05) is 23.0 Å². The maximum atomic E-state index is 12.9. The lowest BCUT2D eigenvalue weighted by Gasteiger charge is -2.20. The molecule has 0 bridgehead atoms. The first-order valence-corrected chi connectivity index (χ1v) is 10.2. The van der Waals surface area contributed by atoms with Gasteiger partial charge in [0.1, 0.15) is 0 Å². The molecule has 154 valence electrons. The molecule has 0 aliphatic carbocycles. The number of rotatable bonds is 5. The molecular weight excluding hydrogens is 422 g/mol. The van der Waals surface area contributed by atoms with E-state index in [1.807, 2.05) is 19.1 Å². The normalized spacial score (nSPS) is 10.5. The van der Waals surface area contributed by atoms with Crippen LogP contribution >= 0.6 is 23.4 Å². The average Bonchev–Trinajstić information content (AvgIpc) is 2.69. The van der Waals surface area contributed by atoms with Crippen LogP contribution in [0.5, 0.6) is 0 Å². The molecule has 0 aromatic heterocycles. The van der Waals surface area contributed by atoms with Crippen LogP contribution in [0.3, 0.4) is 0 Å². The number of amides is 2. The molecule has 3 rings (SSSR count). The summed E-state index contributed by atoms with van der Waals surface area (Å²) in [6.45, 7) is 1.90. The summed E-state index contributed by atoms with van der Waals surface area (Å²) < 4.78 is 0. The number of nitrogens with zero attached hydrogens (tertiary/aromatic N) is 1. The number of hydrogen-bond donors (Lipinski definition) is 3. The molecule has 0 unspecified atom stereocenters.